The molecule has 0 aliphatic carbocycles. The SMILES string of the molecule is CCCCCCCCCCC.CCCCCCCCCCCCN. The molecule has 0 aliphatic heterocycles. The summed E-state index contributed by atoms with van der Waals surface area (Å²) in [5, 5.41) is 0. The lowest BCUT2D eigenvalue weighted by atomic mass is 10.1. The molecule has 0 radical (unpaired) electrons. The van der Waals surface area contributed by atoms with Crippen LogP contribution in [-0.4, -0.2) is 6.54 Å². The van der Waals surface area contributed by atoms with Gasteiger partial charge in [-0.1, -0.05) is 136 Å². The highest BCUT2D eigenvalue weighted by molar-refractivity contribution is 4.47. The first-order valence-corrected chi connectivity index (χ1v) is 11.5. The summed E-state index contributed by atoms with van der Waals surface area (Å²) in [5.74, 6) is 0. The molecule has 1 heteroatoms. The average molecular weight is 342 g/mol. The molecule has 1 nitrogen and oxygen atoms in total. The lowest BCUT2D eigenvalue weighted by Gasteiger charge is -2.00. The van der Waals surface area contributed by atoms with Crippen LogP contribution in [0.15, 0.2) is 0 Å². The molecule has 0 heterocycles. The van der Waals surface area contributed by atoms with E-state index in [4.69, 9.17) is 5.73 Å². The van der Waals surface area contributed by atoms with Crippen LogP contribution in [0.1, 0.15) is 143 Å². The van der Waals surface area contributed by atoms with Crippen molar-refractivity contribution in [1.29, 1.82) is 0 Å². The molecule has 0 bridgehead atoms. The van der Waals surface area contributed by atoms with E-state index < -0.39 is 0 Å². The zero-order valence-corrected chi connectivity index (χ0v) is 17.7. The highest BCUT2D eigenvalue weighted by atomic mass is 14.5. The van der Waals surface area contributed by atoms with Crippen molar-refractivity contribution in [2.24, 2.45) is 5.73 Å². The Balaban J connectivity index is 0. The molecule has 24 heavy (non-hydrogen) atoms. The topological polar surface area (TPSA) is 26.0 Å². The monoisotopic (exact) mass is 341 g/mol. The number of rotatable bonds is 18. The van der Waals surface area contributed by atoms with E-state index in [9.17, 15) is 0 Å². The van der Waals surface area contributed by atoms with Crippen LogP contribution in [-0.2, 0) is 0 Å². The Bertz CT molecular complexity index is 161. The van der Waals surface area contributed by atoms with Crippen LogP contribution in [0.5, 0.6) is 0 Å². The fraction of sp³-hybridized carbons (Fsp3) is 1.00. The normalized spacial score (nSPS) is 10.5. The van der Waals surface area contributed by atoms with Crippen LogP contribution in [0.3, 0.4) is 0 Å². The van der Waals surface area contributed by atoms with Gasteiger partial charge in [-0.3, -0.25) is 0 Å². The molecule has 0 aromatic rings. The van der Waals surface area contributed by atoms with Gasteiger partial charge in [-0.15, -0.1) is 0 Å². The highest BCUT2D eigenvalue weighted by Crippen LogP contribution is 2.10. The Morgan fingerprint density at radius 3 is 0.750 bits per heavy atom. The van der Waals surface area contributed by atoms with Gasteiger partial charge in [0, 0.05) is 0 Å². The van der Waals surface area contributed by atoms with Gasteiger partial charge in [-0.2, -0.15) is 0 Å². The molecule has 0 spiro atoms. The maximum atomic E-state index is 5.42. The van der Waals surface area contributed by atoms with Crippen molar-refractivity contribution in [2.75, 3.05) is 6.54 Å². The number of hydrogen-bond acceptors (Lipinski definition) is 1. The molecule has 0 aromatic heterocycles. The minimum Gasteiger partial charge on any atom is -0.330 e. The van der Waals surface area contributed by atoms with Gasteiger partial charge >= 0.3 is 0 Å². The number of hydrogen-bond donors (Lipinski definition) is 1. The van der Waals surface area contributed by atoms with Crippen LogP contribution in [0, 0.1) is 0 Å². The zero-order valence-electron chi connectivity index (χ0n) is 17.7. The van der Waals surface area contributed by atoms with Gasteiger partial charge < -0.3 is 5.73 Å². The largest absolute Gasteiger partial charge is 0.330 e. The van der Waals surface area contributed by atoms with Crippen molar-refractivity contribution in [2.45, 2.75) is 143 Å². The van der Waals surface area contributed by atoms with Crippen molar-refractivity contribution in [1.82, 2.24) is 0 Å². The van der Waals surface area contributed by atoms with Gasteiger partial charge in [-0.25, -0.2) is 0 Å². The van der Waals surface area contributed by atoms with Crippen molar-refractivity contribution < 1.29 is 0 Å². The van der Waals surface area contributed by atoms with Gasteiger partial charge in [0.15, 0.2) is 0 Å². The number of nitrogens with two attached hydrogens (primary N) is 1. The van der Waals surface area contributed by atoms with Crippen LogP contribution >= 0.6 is 0 Å². The summed E-state index contributed by atoms with van der Waals surface area (Å²) in [6.45, 7) is 7.69. The fourth-order valence-electron chi connectivity index (χ4n) is 3.02. The third-order valence-corrected chi connectivity index (χ3v) is 4.76. The fourth-order valence-corrected chi connectivity index (χ4v) is 3.02. The summed E-state index contributed by atoms with van der Waals surface area (Å²) in [7, 11) is 0. The highest BCUT2D eigenvalue weighted by Gasteiger charge is 1.91. The van der Waals surface area contributed by atoms with Crippen LogP contribution in [0.4, 0.5) is 0 Å². The summed E-state index contributed by atoms with van der Waals surface area (Å²) >= 11 is 0. The molecule has 0 aliphatic rings. The maximum Gasteiger partial charge on any atom is -0.00773 e. The zero-order chi connectivity index (χ0) is 18.1. The minimum absolute atomic E-state index is 0.872. The van der Waals surface area contributed by atoms with Crippen LogP contribution in [0.2, 0.25) is 0 Å². The van der Waals surface area contributed by atoms with E-state index in [1.165, 1.54) is 122 Å². The summed E-state index contributed by atoms with van der Waals surface area (Å²) in [6.07, 6.45) is 26.9. The first-order chi connectivity index (χ1) is 11.8. The maximum absolute atomic E-state index is 5.42. The average Bonchev–Trinajstić information content (AvgIpc) is 2.60. The molecule has 0 rings (SSSR count). The third kappa shape index (κ3) is 29.9. The molecule has 148 valence electrons. The second-order valence-corrected chi connectivity index (χ2v) is 7.45. The lowest BCUT2D eigenvalue weighted by molar-refractivity contribution is 0.558. The number of unbranched alkanes of at least 4 members (excludes halogenated alkanes) is 17. The first-order valence-electron chi connectivity index (χ1n) is 11.5. The van der Waals surface area contributed by atoms with Gasteiger partial charge in [-0.05, 0) is 13.0 Å². The summed E-state index contributed by atoms with van der Waals surface area (Å²) in [5.41, 5.74) is 5.42. The quantitative estimate of drug-likeness (QED) is 0.249. The van der Waals surface area contributed by atoms with Gasteiger partial charge in [0.1, 0.15) is 0 Å². The van der Waals surface area contributed by atoms with E-state index in [-0.39, 0.29) is 0 Å². The van der Waals surface area contributed by atoms with E-state index in [1.807, 2.05) is 0 Å². The van der Waals surface area contributed by atoms with Gasteiger partial charge in [0.2, 0.25) is 0 Å². The predicted octanol–water partition coefficient (Wildman–Crippen LogP) is 8.40. The molecular formula is C23H51N. The second kappa shape index (κ2) is 27.8. The third-order valence-electron chi connectivity index (χ3n) is 4.76. The smallest absolute Gasteiger partial charge is 0.00773 e. The molecule has 0 atom stereocenters. The Morgan fingerprint density at radius 1 is 0.333 bits per heavy atom. The summed E-state index contributed by atoms with van der Waals surface area (Å²) in [6, 6.07) is 0. The standard InChI is InChI=1S/C12H27N.C11H24/c1-2-3-4-5-6-7-8-9-10-11-12-13;1-3-5-7-9-11-10-8-6-4-2/h2-13H2,1H3;3-11H2,1-2H3. The van der Waals surface area contributed by atoms with E-state index >= 15 is 0 Å². The molecule has 2 N–H and O–H groups in total. The Hall–Kier alpha value is -0.0400. The van der Waals surface area contributed by atoms with E-state index in [1.54, 1.807) is 0 Å². The van der Waals surface area contributed by atoms with E-state index in [2.05, 4.69) is 20.8 Å². The second-order valence-electron chi connectivity index (χ2n) is 7.45. The predicted molar refractivity (Wildman–Crippen MR) is 114 cm³/mol. The Labute approximate surface area is 155 Å². The molecule has 0 aromatic carbocycles. The van der Waals surface area contributed by atoms with E-state index in [0.717, 1.165) is 6.54 Å². The molecule has 0 fully saturated rings. The van der Waals surface area contributed by atoms with Crippen molar-refractivity contribution in [3.63, 3.8) is 0 Å². The molecule has 0 unspecified atom stereocenters. The lowest BCUT2D eigenvalue weighted by Crippen LogP contribution is -1.97. The first kappa shape index (κ1) is 26.2. The van der Waals surface area contributed by atoms with Crippen LogP contribution < -0.4 is 5.73 Å². The van der Waals surface area contributed by atoms with Gasteiger partial charge in [0.05, 0.1) is 0 Å². The molecule has 0 amide bonds. The van der Waals surface area contributed by atoms with Crippen molar-refractivity contribution in [3.8, 4) is 0 Å². The molecular weight excluding hydrogens is 290 g/mol. The van der Waals surface area contributed by atoms with Crippen molar-refractivity contribution in [3.05, 3.63) is 0 Å². The van der Waals surface area contributed by atoms with Crippen LogP contribution in [0.25, 0.3) is 0 Å². The molecule has 0 saturated carbocycles. The summed E-state index contributed by atoms with van der Waals surface area (Å²) in [4.78, 5) is 0. The molecule has 0 saturated heterocycles. The summed E-state index contributed by atoms with van der Waals surface area (Å²) < 4.78 is 0. The minimum atomic E-state index is 0.872. The van der Waals surface area contributed by atoms with E-state index in [0.29, 0.717) is 0 Å². The van der Waals surface area contributed by atoms with Gasteiger partial charge in [0.25, 0.3) is 0 Å². The van der Waals surface area contributed by atoms with Crippen molar-refractivity contribution >= 4 is 0 Å². The Kier molecular flexibility index (Phi) is 30.3. The Morgan fingerprint density at radius 2 is 0.542 bits per heavy atom.